The predicted molar refractivity (Wildman–Crippen MR) is 42.6 cm³/mol. The maximum Gasteiger partial charge on any atom is 2.00 e. The van der Waals surface area contributed by atoms with E-state index in [0.29, 0.717) is 0 Å². The molecule has 0 aromatic carbocycles. The third-order valence-corrected chi connectivity index (χ3v) is 0.827. The Balaban J connectivity index is -0.0000000219. The van der Waals surface area contributed by atoms with Crippen molar-refractivity contribution in [2.45, 2.75) is 26.7 Å². The zero-order valence-electron chi connectivity index (χ0n) is 8.90. The summed E-state index contributed by atoms with van der Waals surface area (Å²) in [7, 11) is 0. The van der Waals surface area contributed by atoms with Crippen molar-refractivity contribution in [1.82, 2.24) is 0 Å². The van der Waals surface area contributed by atoms with Crippen molar-refractivity contribution in [1.29, 1.82) is 0 Å². The Morgan fingerprint density at radius 1 is 1.18 bits per heavy atom. The first kappa shape index (κ1) is 22.9. The molecule has 0 amide bonds. The number of rotatable bonds is 0. The maximum atomic E-state index is 4.94. The van der Waals surface area contributed by atoms with E-state index in [9.17, 15) is 0 Å². The summed E-state index contributed by atoms with van der Waals surface area (Å²) in [5.41, 5.74) is 0. The Bertz CT molecular complexity index is 42.8. The van der Waals surface area contributed by atoms with Crippen LogP contribution in [0.25, 0.3) is 0 Å². The van der Waals surface area contributed by atoms with Gasteiger partial charge in [-0.1, -0.05) is 0 Å². The smallest absolute Gasteiger partial charge is 1.00 e. The molecule has 0 aliphatic carbocycles. The van der Waals surface area contributed by atoms with E-state index in [1.54, 1.807) is 0 Å². The van der Waals surface area contributed by atoms with Crippen molar-refractivity contribution in [2.24, 2.45) is 0 Å². The molecule has 0 saturated carbocycles. The SMILES string of the molecule is C1CCOC1.C[CH-]C.[Cl-].[H-].[Li+].[Mg+2]. The van der Waals surface area contributed by atoms with Gasteiger partial charge in [0, 0.05) is 13.2 Å². The molecular weight excluding hydrogens is 167 g/mol. The summed E-state index contributed by atoms with van der Waals surface area (Å²) in [6, 6.07) is 0. The first-order valence-electron chi connectivity index (χ1n) is 3.23. The molecule has 1 saturated heterocycles. The minimum absolute atomic E-state index is 0. The Labute approximate surface area is 106 Å². The second-order valence-electron chi connectivity index (χ2n) is 1.90. The van der Waals surface area contributed by atoms with Crippen molar-refractivity contribution in [3.8, 4) is 0 Å². The third kappa shape index (κ3) is 24.5. The Morgan fingerprint density at radius 2 is 1.45 bits per heavy atom. The summed E-state index contributed by atoms with van der Waals surface area (Å²) in [5, 5.41) is 0. The Morgan fingerprint density at radius 3 is 1.55 bits per heavy atom. The molecule has 0 atom stereocenters. The average Bonchev–Trinajstić information content (AvgIpc) is 2.17. The number of hydrogen-bond acceptors (Lipinski definition) is 1. The topological polar surface area (TPSA) is 9.23 Å². The van der Waals surface area contributed by atoms with Crippen LogP contribution in [0.4, 0.5) is 0 Å². The van der Waals surface area contributed by atoms with E-state index in [2.05, 4.69) is 0 Å². The summed E-state index contributed by atoms with van der Waals surface area (Å²) < 4.78 is 4.94. The van der Waals surface area contributed by atoms with Crippen molar-refractivity contribution < 1.29 is 37.4 Å². The molecule has 1 fully saturated rings. The molecule has 11 heavy (non-hydrogen) atoms. The molecule has 1 nitrogen and oxygen atoms in total. The van der Waals surface area contributed by atoms with Crippen LogP contribution in [-0.4, -0.2) is 36.3 Å². The Kier molecular flexibility index (Phi) is 47.0. The van der Waals surface area contributed by atoms with E-state index in [4.69, 9.17) is 4.74 Å². The van der Waals surface area contributed by atoms with Crippen LogP contribution in [0.5, 0.6) is 0 Å². The van der Waals surface area contributed by atoms with Crippen molar-refractivity contribution in [3.05, 3.63) is 6.42 Å². The number of hydrogen-bond donors (Lipinski definition) is 0. The molecule has 0 radical (unpaired) electrons. The fourth-order valence-electron chi connectivity index (χ4n) is 0.510. The van der Waals surface area contributed by atoms with Crippen LogP contribution in [0, 0.1) is 6.42 Å². The first-order chi connectivity index (χ1) is 3.91. The zero-order valence-corrected chi connectivity index (χ0v) is 10.1. The van der Waals surface area contributed by atoms with E-state index >= 15 is 0 Å². The number of halogens is 1. The molecule has 0 spiro atoms. The summed E-state index contributed by atoms with van der Waals surface area (Å²) in [6.45, 7) is 6.00. The Hall–Kier alpha value is 1.61. The summed E-state index contributed by atoms with van der Waals surface area (Å²) in [6.07, 6.45) is 4.56. The summed E-state index contributed by atoms with van der Waals surface area (Å²) >= 11 is 0. The van der Waals surface area contributed by atoms with Gasteiger partial charge in [0.15, 0.2) is 0 Å². The molecule has 1 aliphatic heterocycles. The van der Waals surface area contributed by atoms with E-state index < -0.39 is 0 Å². The standard InChI is InChI=1S/C4H8O.C3H7.ClH.Li.Mg.H/c1-2-4-5-3-1;1-3-2;;;;/h1-4H2;3H,1-2H3;1H;;;/q;-1;;+1;+2;-1/p-1. The minimum Gasteiger partial charge on any atom is -1.00 e. The van der Waals surface area contributed by atoms with Gasteiger partial charge < -0.3 is 25.0 Å². The van der Waals surface area contributed by atoms with Crippen LogP contribution in [-0.2, 0) is 4.74 Å². The number of ether oxygens (including phenoxy) is 1. The van der Waals surface area contributed by atoms with Crippen molar-refractivity contribution >= 4 is 23.1 Å². The normalized spacial score (nSPS) is 12.5. The minimum atomic E-state index is 0. The second-order valence-corrected chi connectivity index (χ2v) is 1.90. The molecule has 0 aromatic heterocycles. The van der Waals surface area contributed by atoms with Gasteiger partial charge in [-0.2, -0.15) is 13.8 Å². The van der Waals surface area contributed by atoms with Crippen LogP contribution >= 0.6 is 0 Å². The van der Waals surface area contributed by atoms with E-state index in [-0.39, 0.29) is 55.7 Å². The molecular formula is C7H16ClLiMgO. The van der Waals surface area contributed by atoms with Crippen LogP contribution < -0.4 is 31.3 Å². The van der Waals surface area contributed by atoms with Crippen molar-refractivity contribution in [2.75, 3.05) is 13.2 Å². The van der Waals surface area contributed by atoms with Gasteiger partial charge in [-0.05, 0) is 12.8 Å². The van der Waals surface area contributed by atoms with Gasteiger partial charge in [-0.25, -0.2) is 0 Å². The maximum absolute atomic E-state index is 4.94. The molecule has 0 N–H and O–H groups in total. The fourth-order valence-corrected chi connectivity index (χ4v) is 0.510. The molecule has 60 valence electrons. The largest absolute Gasteiger partial charge is 2.00 e. The van der Waals surface area contributed by atoms with Gasteiger partial charge in [0.25, 0.3) is 0 Å². The van der Waals surface area contributed by atoms with E-state index in [1.807, 2.05) is 20.3 Å². The molecule has 0 bridgehead atoms. The van der Waals surface area contributed by atoms with Gasteiger partial charge in [0.2, 0.25) is 0 Å². The first-order valence-corrected chi connectivity index (χ1v) is 3.23. The van der Waals surface area contributed by atoms with Crippen LogP contribution in [0.3, 0.4) is 0 Å². The van der Waals surface area contributed by atoms with E-state index in [1.165, 1.54) is 12.8 Å². The summed E-state index contributed by atoms with van der Waals surface area (Å²) in [4.78, 5) is 0. The van der Waals surface area contributed by atoms with Gasteiger partial charge in [-0.3, -0.25) is 0 Å². The van der Waals surface area contributed by atoms with Crippen LogP contribution in [0.15, 0.2) is 0 Å². The molecule has 0 aromatic rings. The monoisotopic (exact) mass is 182 g/mol. The second kappa shape index (κ2) is 22.6. The molecule has 4 heteroatoms. The van der Waals surface area contributed by atoms with Gasteiger partial charge in [0.1, 0.15) is 0 Å². The quantitative estimate of drug-likeness (QED) is 0.273. The molecule has 1 heterocycles. The average molecular weight is 183 g/mol. The fraction of sp³-hybridized carbons (Fsp3) is 0.857. The zero-order chi connectivity index (χ0) is 6.24. The summed E-state index contributed by atoms with van der Waals surface area (Å²) in [5.74, 6) is 0. The molecule has 1 aliphatic rings. The van der Waals surface area contributed by atoms with Crippen LogP contribution in [0.2, 0.25) is 0 Å². The third-order valence-electron chi connectivity index (χ3n) is 0.827. The van der Waals surface area contributed by atoms with E-state index in [0.717, 1.165) is 13.2 Å². The predicted octanol–water partition coefficient (Wildman–Crippen LogP) is -4.23. The molecule has 1 rings (SSSR count). The van der Waals surface area contributed by atoms with Crippen LogP contribution in [0.1, 0.15) is 28.1 Å². The van der Waals surface area contributed by atoms with Gasteiger partial charge in [-0.15, -0.1) is 0 Å². The molecule has 0 unspecified atom stereocenters. The van der Waals surface area contributed by atoms with Crippen molar-refractivity contribution in [3.63, 3.8) is 0 Å². The van der Waals surface area contributed by atoms with Gasteiger partial charge in [0.05, 0.1) is 0 Å². The van der Waals surface area contributed by atoms with Gasteiger partial charge >= 0.3 is 41.9 Å².